The molecule has 3 rings (SSSR count). The number of piperidine rings is 1. The minimum Gasteiger partial charge on any atom is -0.501 e. The summed E-state index contributed by atoms with van der Waals surface area (Å²) < 4.78 is 5.75. The normalized spacial score (nSPS) is 17.1. The Morgan fingerprint density at radius 2 is 2.23 bits per heavy atom. The van der Waals surface area contributed by atoms with Crippen molar-refractivity contribution >= 4 is 23.5 Å². The first-order valence-corrected chi connectivity index (χ1v) is 7.93. The summed E-state index contributed by atoms with van der Waals surface area (Å²) in [6.45, 7) is 0.828. The minimum absolute atomic E-state index is 0.175. The number of carbonyl (C=O) groups excluding carboxylic acids is 2. The first-order valence-electron chi connectivity index (χ1n) is 7.93. The van der Waals surface area contributed by atoms with Crippen LogP contribution in [0.2, 0.25) is 0 Å². The highest BCUT2D eigenvalue weighted by Gasteiger charge is 2.28. The van der Waals surface area contributed by atoms with E-state index in [9.17, 15) is 19.5 Å². The van der Waals surface area contributed by atoms with Crippen LogP contribution in [0.15, 0.2) is 21.8 Å². The van der Waals surface area contributed by atoms with Gasteiger partial charge in [0.05, 0.1) is 12.1 Å². The van der Waals surface area contributed by atoms with E-state index in [4.69, 9.17) is 5.73 Å². The van der Waals surface area contributed by atoms with Crippen LogP contribution < -0.4 is 21.5 Å². The van der Waals surface area contributed by atoms with E-state index in [1.165, 1.54) is 19.5 Å². The molecule has 11 nitrogen and oxygen atoms in total. The summed E-state index contributed by atoms with van der Waals surface area (Å²) in [6, 6.07) is 0. The van der Waals surface area contributed by atoms with Gasteiger partial charge in [0, 0.05) is 20.1 Å². The molecule has 1 aliphatic heterocycles. The van der Waals surface area contributed by atoms with Gasteiger partial charge in [-0.15, -0.1) is 0 Å². The third-order valence-corrected chi connectivity index (χ3v) is 4.26. The molecular formula is C15H18N6O5. The molecule has 0 saturated carbocycles. The second-order valence-electron chi connectivity index (χ2n) is 6.03. The van der Waals surface area contributed by atoms with Crippen LogP contribution in [-0.2, 0) is 11.8 Å². The Kier molecular flexibility index (Phi) is 4.61. The monoisotopic (exact) mass is 362 g/mol. The van der Waals surface area contributed by atoms with Crippen molar-refractivity contribution in [2.45, 2.75) is 12.8 Å². The molecule has 26 heavy (non-hydrogen) atoms. The van der Waals surface area contributed by atoms with Gasteiger partial charge in [0.2, 0.25) is 17.6 Å². The SMILES string of the molecule is Cn1c(N2CCC[C@H](C(N)=O)C2)nc(C(=O)Nc2cnoc2)c(O)c1=O. The van der Waals surface area contributed by atoms with Gasteiger partial charge in [-0.2, -0.15) is 0 Å². The van der Waals surface area contributed by atoms with Gasteiger partial charge < -0.3 is 25.6 Å². The van der Waals surface area contributed by atoms with Gasteiger partial charge in [-0.25, -0.2) is 4.98 Å². The molecule has 4 N–H and O–H groups in total. The Hall–Kier alpha value is -3.37. The van der Waals surface area contributed by atoms with E-state index in [1.807, 2.05) is 0 Å². The molecule has 3 heterocycles. The number of carbonyl (C=O) groups is 2. The summed E-state index contributed by atoms with van der Waals surface area (Å²) >= 11 is 0. The van der Waals surface area contributed by atoms with Gasteiger partial charge >= 0.3 is 0 Å². The summed E-state index contributed by atoms with van der Waals surface area (Å²) in [6.07, 6.45) is 3.79. The van der Waals surface area contributed by atoms with Crippen molar-refractivity contribution < 1.29 is 19.2 Å². The number of hydrogen-bond donors (Lipinski definition) is 3. The number of aromatic nitrogens is 3. The topological polar surface area (TPSA) is 157 Å². The number of nitrogens with two attached hydrogens (primary N) is 1. The number of anilines is 2. The summed E-state index contributed by atoms with van der Waals surface area (Å²) in [7, 11) is 1.43. The minimum atomic E-state index is -0.784. The molecule has 1 atom stereocenters. The van der Waals surface area contributed by atoms with Crippen molar-refractivity contribution in [1.82, 2.24) is 14.7 Å². The molecule has 1 saturated heterocycles. The van der Waals surface area contributed by atoms with Crippen LogP contribution in [0.3, 0.4) is 0 Å². The Labute approximate surface area is 147 Å². The lowest BCUT2D eigenvalue weighted by Gasteiger charge is -2.32. The lowest BCUT2D eigenvalue weighted by atomic mass is 9.98. The number of amides is 2. The van der Waals surface area contributed by atoms with Crippen molar-refractivity contribution in [2.75, 3.05) is 23.3 Å². The smallest absolute Gasteiger partial charge is 0.297 e. The largest absolute Gasteiger partial charge is 0.501 e. The van der Waals surface area contributed by atoms with E-state index in [0.717, 1.165) is 4.57 Å². The summed E-state index contributed by atoms with van der Waals surface area (Å²) in [5, 5.41) is 15.9. The van der Waals surface area contributed by atoms with Crippen LogP contribution in [0.4, 0.5) is 11.6 Å². The molecule has 1 aliphatic rings. The highest BCUT2D eigenvalue weighted by molar-refractivity contribution is 6.04. The van der Waals surface area contributed by atoms with Crippen molar-refractivity contribution in [3.05, 3.63) is 28.5 Å². The number of rotatable bonds is 4. The van der Waals surface area contributed by atoms with E-state index in [-0.39, 0.29) is 24.1 Å². The van der Waals surface area contributed by atoms with Crippen LogP contribution in [0.5, 0.6) is 5.75 Å². The fraction of sp³-hybridized carbons (Fsp3) is 0.400. The Bertz CT molecular complexity index is 891. The fourth-order valence-corrected chi connectivity index (χ4v) is 2.87. The predicted octanol–water partition coefficient (Wildman–Crippen LogP) is -0.572. The molecule has 0 spiro atoms. The zero-order valence-electron chi connectivity index (χ0n) is 14.0. The van der Waals surface area contributed by atoms with E-state index < -0.39 is 28.8 Å². The second-order valence-corrected chi connectivity index (χ2v) is 6.03. The third kappa shape index (κ3) is 3.23. The first kappa shape index (κ1) is 17.5. The molecule has 138 valence electrons. The number of nitrogens with one attached hydrogen (secondary N) is 1. The summed E-state index contributed by atoms with van der Waals surface area (Å²) in [5.41, 5.74) is 4.44. The molecule has 2 aromatic heterocycles. The highest BCUT2D eigenvalue weighted by atomic mass is 16.5. The van der Waals surface area contributed by atoms with Crippen molar-refractivity contribution in [1.29, 1.82) is 0 Å². The molecule has 11 heteroatoms. The molecule has 2 amide bonds. The number of primary amides is 1. The maximum atomic E-state index is 12.4. The quantitative estimate of drug-likeness (QED) is 0.652. The molecule has 0 unspecified atom stereocenters. The van der Waals surface area contributed by atoms with Gasteiger partial charge in [0.1, 0.15) is 12.0 Å². The molecule has 0 radical (unpaired) electrons. The molecular weight excluding hydrogens is 344 g/mol. The Morgan fingerprint density at radius 3 is 2.88 bits per heavy atom. The van der Waals surface area contributed by atoms with E-state index >= 15 is 0 Å². The van der Waals surface area contributed by atoms with Gasteiger partial charge in [-0.1, -0.05) is 5.16 Å². The zero-order chi connectivity index (χ0) is 18.8. The van der Waals surface area contributed by atoms with E-state index in [1.54, 1.807) is 4.90 Å². The van der Waals surface area contributed by atoms with Gasteiger partial charge in [0.25, 0.3) is 11.5 Å². The van der Waals surface area contributed by atoms with Crippen LogP contribution in [0.1, 0.15) is 23.3 Å². The van der Waals surface area contributed by atoms with E-state index in [0.29, 0.717) is 19.4 Å². The second kappa shape index (κ2) is 6.86. The fourth-order valence-electron chi connectivity index (χ4n) is 2.87. The van der Waals surface area contributed by atoms with Crippen LogP contribution >= 0.6 is 0 Å². The Morgan fingerprint density at radius 1 is 1.46 bits per heavy atom. The van der Waals surface area contributed by atoms with Crippen molar-refractivity contribution in [2.24, 2.45) is 18.7 Å². The predicted molar refractivity (Wildman–Crippen MR) is 89.7 cm³/mol. The maximum Gasteiger partial charge on any atom is 0.297 e. The number of aromatic hydroxyl groups is 1. The summed E-state index contributed by atoms with van der Waals surface area (Å²) in [5.74, 6) is -2.18. The average Bonchev–Trinajstić information content (AvgIpc) is 3.13. The standard InChI is InChI=1S/C15H18N6O5/c1-20-14(25)11(22)10(13(24)18-9-5-17-26-7-9)19-15(20)21-4-2-3-8(6-21)12(16)23/h5,7-8,22H,2-4,6H2,1H3,(H2,16,23)(H,18,24)/t8-/m0/s1. The first-order chi connectivity index (χ1) is 12.4. The lowest BCUT2D eigenvalue weighted by Crippen LogP contribution is -2.44. The van der Waals surface area contributed by atoms with Crippen LogP contribution in [0, 0.1) is 5.92 Å². The molecule has 0 bridgehead atoms. The third-order valence-electron chi connectivity index (χ3n) is 4.26. The molecule has 1 fully saturated rings. The highest BCUT2D eigenvalue weighted by Crippen LogP contribution is 2.23. The summed E-state index contributed by atoms with van der Waals surface area (Å²) in [4.78, 5) is 42.0. The lowest BCUT2D eigenvalue weighted by molar-refractivity contribution is -0.122. The van der Waals surface area contributed by atoms with Crippen LogP contribution in [-0.4, -0.2) is 44.7 Å². The molecule has 0 aromatic carbocycles. The molecule has 0 aliphatic carbocycles. The Balaban J connectivity index is 1.96. The van der Waals surface area contributed by atoms with Crippen LogP contribution in [0.25, 0.3) is 0 Å². The van der Waals surface area contributed by atoms with Gasteiger partial charge in [0.15, 0.2) is 5.69 Å². The zero-order valence-corrected chi connectivity index (χ0v) is 14.0. The molecule has 2 aromatic rings. The number of nitrogens with zero attached hydrogens (tertiary/aromatic N) is 4. The van der Waals surface area contributed by atoms with Crippen molar-refractivity contribution in [3.8, 4) is 5.75 Å². The average molecular weight is 362 g/mol. The van der Waals surface area contributed by atoms with Crippen molar-refractivity contribution in [3.63, 3.8) is 0 Å². The van der Waals surface area contributed by atoms with Gasteiger partial charge in [-0.3, -0.25) is 19.0 Å². The van der Waals surface area contributed by atoms with Gasteiger partial charge in [-0.05, 0) is 12.8 Å². The van der Waals surface area contributed by atoms with E-state index in [2.05, 4.69) is 20.0 Å². The number of hydrogen-bond acceptors (Lipinski definition) is 8. The maximum absolute atomic E-state index is 12.4.